The first-order chi connectivity index (χ1) is 21.5. The number of hydrogen-bond acceptors (Lipinski definition) is 4. The average molecular weight is 624 g/mol. The molecule has 1 N–H and O–H groups in total. The Kier molecular flexibility index (Phi) is 5.64. The second-order valence-electron chi connectivity index (χ2n) is 18.4. The van der Waals surface area contributed by atoms with Gasteiger partial charge in [-0.25, -0.2) is 0 Å². The number of hydrogen-bond donors (Lipinski definition) is 1. The number of nitrogens with zero attached hydrogens (tertiary/aromatic N) is 1. The summed E-state index contributed by atoms with van der Waals surface area (Å²) >= 11 is 0. The second-order valence-corrected chi connectivity index (χ2v) is 18.4. The number of aromatic nitrogens is 1. The number of ketones is 1. The fourth-order valence-corrected chi connectivity index (χ4v) is 13.4. The minimum absolute atomic E-state index is 0.0651. The van der Waals surface area contributed by atoms with E-state index in [1.165, 1.54) is 35.9 Å². The Hall–Kier alpha value is -2.21. The van der Waals surface area contributed by atoms with Crippen LogP contribution >= 0.6 is 0 Å². The van der Waals surface area contributed by atoms with Gasteiger partial charge < -0.3 is 19.1 Å². The highest BCUT2D eigenvalue weighted by Gasteiger charge is 2.68. The highest BCUT2D eigenvalue weighted by atomic mass is 16.5. The maximum absolute atomic E-state index is 14.8. The zero-order chi connectivity index (χ0) is 32.7. The van der Waals surface area contributed by atoms with Crippen LogP contribution < -0.4 is 0 Å². The summed E-state index contributed by atoms with van der Waals surface area (Å²) in [5, 5.41) is 13.4. The van der Waals surface area contributed by atoms with Crippen molar-refractivity contribution in [3.05, 3.63) is 52.2 Å². The molecule has 4 heterocycles. The molecule has 5 nitrogen and oxygen atoms in total. The fourth-order valence-electron chi connectivity index (χ4n) is 13.4. The summed E-state index contributed by atoms with van der Waals surface area (Å²) in [5.41, 5.74) is 7.74. The highest BCUT2D eigenvalue weighted by Crippen LogP contribution is 2.72. The van der Waals surface area contributed by atoms with Crippen molar-refractivity contribution < 1.29 is 19.4 Å². The van der Waals surface area contributed by atoms with Gasteiger partial charge in [0.2, 0.25) is 0 Å². The molecule has 2 saturated carbocycles. The summed E-state index contributed by atoms with van der Waals surface area (Å²) in [5.74, 6) is 1.02. The predicted octanol–water partition coefficient (Wildman–Crippen LogP) is 8.80. The number of carbonyl (C=O) groups excluding carboxylic acids is 1. The summed E-state index contributed by atoms with van der Waals surface area (Å²) in [6, 6.07) is 1.95. The monoisotopic (exact) mass is 623 g/mol. The summed E-state index contributed by atoms with van der Waals surface area (Å²) in [4.78, 5) is 14.8. The molecule has 7 aliphatic rings. The molecule has 3 fully saturated rings. The van der Waals surface area contributed by atoms with Crippen LogP contribution in [0.5, 0.6) is 0 Å². The molecule has 0 bridgehead atoms. The summed E-state index contributed by atoms with van der Waals surface area (Å²) in [6.45, 7) is 24.8. The van der Waals surface area contributed by atoms with Crippen LogP contribution in [0.4, 0.5) is 0 Å². The van der Waals surface area contributed by atoms with Crippen molar-refractivity contribution in [3.8, 4) is 0 Å². The van der Waals surface area contributed by atoms with Gasteiger partial charge >= 0.3 is 0 Å². The Morgan fingerprint density at radius 2 is 1.78 bits per heavy atom. The molecule has 1 saturated heterocycles. The standard InChI is InChI=1S/C41H53NO4/c1-20(2)32-35(44)30-29-23(26-19-37(4,5)46-38(6,7)31(26)34(29)43)18-24-25-17-22-11-12-27-39(8)15-13-21(3)45-28(39)14-16-40(27,9)41(22,10)36(25)42(32)33(24)30/h18-19,21-22,27-28,31-32,34,43H,1,11-17H2,2-10H3/t21-,22?,27?,28+,31?,32+,34-,39+,40+,41?/m1/s1. The van der Waals surface area contributed by atoms with E-state index in [1.54, 1.807) is 0 Å². The third kappa shape index (κ3) is 3.23. The molecular weight excluding hydrogens is 570 g/mol. The van der Waals surface area contributed by atoms with E-state index in [1.807, 2.05) is 6.92 Å². The Labute approximate surface area is 274 Å². The largest absolute Gasteiger partial charge is 0.388 e. The Balaban J connectivity index is 1.30. The van der Waals surface area contributed by atoms with E-state index in [0.717, 1.165) is 59.0 Å². The van der Waals surface area contributed by atoms with E-state index >= 15 is 0 Å². The molecule has 4 aliphatic carbocycles. The van der Waals surface area contributed by atoms with Crippen LogP contribution in [-0.2, 0) is 21.3 Å². The lowest BCUT2D eigenvalue weighted by atomic mass is 9.40. The van der Waals surface area contributed by atoms with E-state index in [0.29, 0.717) is 24.0 Å². The average Bonchev–Trinajstić information content (AvgIpc) is 3.62. The van der Waals surface area contributed by atoms with Gasteiger partial charge in [-0.1, -0.05) is 32.9 Å². The Morgan fingerprint density at radius 3 is 2.50 bits per heavy atom. The van der Waals surface area contributed by atoms with Gasteiger partial charge in [-0.2, -0.15) is 0 Å². The lowest BCUT2D eigenvalue weighted by molar-refractivity contribution is -0.218. The van der Waals surface area contributed by atoms with Crippen LogP contribution in [-0.4, -0.2) is 38.9 Å². The van der Waals surface area contributed by atoms with Crippen molar-refractivity contribution in [1.29, 1.82) is 0 Å². The van der Waals surface area contributed by atoms with E-state index in [2.05, 4.69) is 78.7 Å². The molecule has 1 aromatic carbocycles. The molecule has 0 spiro atoms. The number of Topliss-reactive ketones (excluding diaryl/α,β-unsaturated/α-hetero) is 1. The molecule has 0 amide bonds. The third-order valence-corrected chi connectivity index (χ3v) is 15.2. The topological polar surface area (TPSA) is 60.7 Å². The van der Waals surface area contributed by atoms with Crippen molar-refractivity contribution in [2.45, 2.75) is 148 Å². The van der Waals surface area contributed by atoms with Crippen LogP contribution in [0.15, 0.2) is 24.3 Å². The van der Waals surface area contributed by atoms with Crippen molar-refractivity contribution in [2.24, 2.45) is 28.6 Å². The molecule has 246 valence electrons. The van der Waals surface area contributed by atoms with Gasteiger partial charge in [-0.05, 0) is 138 Å². The number of allylic oxidation sites excluding steroid dienone is 1. The molecule has 3 aliphatic heterocycles. The second kappa shape index (κ2) is 8.68. The molecule has 9 rings (SSSR count). The van der Waals surface area contributed by atoms with Crippen LogP contribution in [0.2, 0.25) is 0 Å². The molecule has 0 radical (unpaired) electrons. The molecule has 46 heavy (non-hydrogen) atoms. The number of benzene rings is 1. The third-order valence-electron chi connectivity index (χ3n) is 15.2. The highest BCUT2D eigenvalue weighted by molar-refractivity contribution is 6.18. The molecule has 10 atom stereocenters. The van der Waals surface area contributed by atoms with Gasteiger partial charge in [0.25, 0.3) is 0 Å². The van der Waals surface area contributed by atoms with Gasteiger partial charge in [0.15, 0.2) is 5.78 Å². The van der Waals surface area contributed by atoms with Gasteiger partial charge in [-0.15, -0.1) is 0 Å². The van der Waals surface area contributed by atoms with Gasteiger partial charge in [0.1, 0.15) is 6.04 Å². The zero-order valence-electron chi connectivity index (χ0n) is 29.5. The lowest BCUT2D eigenvalue weighted by Crippen LogP contribution is -2.64. The van der Waals surface area contributed by atoms with Crippen LogP contribution in [0.25, 0.3) is 16.5 Å². The van der Waals surface area contributed by atoms with E-state index in [4.69, 9.17) is 9.47 Å². The normalized spacial score (nSPS) is 44.2. The number of rotatable bonds is 1. The summed E-state index contributed by atoms with van der Waals surface area (Å²) in [7, 11) is 0. The minimum atomic E-state index is -0.790. The van der Waals surface area contributed by atoms with Crippen molar-refractivity contribution in [3.63, 3.8) is 0 Å². The number of aliphatic hydroxyl groups excluding tert-OH is 1. The Morgan fingerprint density at radius 1 is 1.04 bits per heavy atom. The molecule has 5 heteroatoms. The van der Waals surface area contributed by atoms with E-state index in [-0.39, 0.29) is 27.9 Å². The van der Waals surface area contributed by atoms with Gasteiger partial charge in [0, 0.05) is 28.0 Å². The van der Waals surface area contributed by atoms with Crippen molar-refractivity contribution in [1.82, 2.24) is 4.57 Å². The summed E-state index contributed by atoms with van der Waals surface area (Å²) in [6.07, 6.45) is 10.3. The van der Waals surface area contributed by atoms with Crippen molar-refractivity contribution >= 4 is 22.3 Å². The smallest absolute Gasteiger partial charge is 0.192 e. The van der Waals surface area contributed by atoms with Crippen LogP contribution in [0.3, 0.4) is 0 Å². The lowest BCUT2D eigenvalue weighted by Gasteiger charge is -2.66. The minimum Gasteiger partial charge on any atom is -0.388 e. The SMILES string of the molecule is C=C(C)[C@H]1C(=O)c2c3c(cc4c5c(n1c24)C1(C)C(CCC2[C@]4(C)CC[C@@H](C)O[C@H]4CC[C@@]21C)C5)C1=CC(C)(C)OC(C)(C)C1[C@@H]3O. The van der Waals surface area contributed by atoms with Crippen LogP contribution in [0, 0.1) is 28.6 Å². The number of ether oxygens (including phenoxy) is 2. The number of fused-ring (bicyclic) bond motifs is 13. The molecular formula is C41H53NO4. The predicted molar refractivity (Wildman–Crippen MR) is 182 cm³/mol. The van der Waals surface area contributed by atoms with Gasteiger partial charge in [-0.3, -0.25) is 4.79 Å². The maximum Gasteiger partial charge on any atom is 0.192 e. The first-order valence-corrected chi connectivity index (χ1v) is 18.2. The van der Waals surface area contributed by atoms with E-state index < -0.39 is 23.3 Å². The molecule has 1 aromatic heterocycles. The fraction of sp³-hybridized carbons (Fsp3) is 0.683. The molecule has 4 unspecified atom stereocenters. The maximum atomic E-state index is 14.8. The van der Waals surface area contributed by atoms with Crippen molar-refractivity contribution in [2.75, 3.05) is 0 Å². The quantitative estimate of drug-likeness (QED) is 0.323. The van der Waals surface area contributed by atoms with E-state index in [9.17, 15) is 9.90 Å². The number of aliphatic hydroxyl groups is 1. The zero-order valence-corrected chi connectivity index (χ0v) is 29.5. The molecule has 2 aromatic rings. The Bertz CT molecular complexity index is 1810. The first kappa shape index (κ1) is 29.9. The van der Waals surface area contributed by atoms with Gasteiger partial charge in [0.05, 0.1) is 40.6 Å². The summed E-state index contributed by atoms with van der Waals surface area (Å²) < 4.78 is 15.7. The van der Waals surface area contributed by atoms with Crippen LogP contribution in [0.1, 0.15) is 146 Å². The first-order valence-electron chi connectivity index (χ1n) is 18.2. The number of carbonyl (C=O) groups is 1.